The summed E-state index contributed by atoms with van der Waals surface area (Å²) in [5.41, 5.74) is 3.68. The number of phenolic OH excluding ortho intramolecular Hbond substituents is 1. The van der Waals surface area contributed by atoms with Crippen LogP contribution in [0.4, 0.5) is 10.2 Å². The maximum Gasteiger partial charge on any atom is 0.318 e. The van der Waals surface area contributed by atoms with Gasteiger partial charge in [-0.2, -0.15) is 9.97 Å². The highest BCUT2D eigenvalue weighted by atomic mass is 19.1. The molecule has 4 atom stereocenters. The molecule has 5 fully saturated rings. The van der Waals surface area contributed by atoms with E-state index in [-0.39, 0.29) is 22.6 Å². The van der Waals surface area contributed by atoms with Crippen LogP contribution in [0.5, 0.6) is 11.8 Å². The highest BCUT2D eigenvalue weighted by Crippen LogP contribution is 2.48. The minimum absolute atomic E-state index is 0.0955. The van der Waals surface area contributed by atoms with Crippen LogP contribution in [0.1, 0.15) is 63.0 Å². The lowest BCUT2D eigenvalue weighted by atomic mass is 9.87. The Bertz CT molecular complexity index is 1970. The van der Waals surface area contributed by atoms with Crippen molar-refractivity contribution in [3.8, 4) is 35.2 Å². The number of hydrogen-bond acceptors (Lipinski definition) is 8. The average Bonchev–Trinajstić information content (AvgIpc) is 3.33. The van der Waals surface area contributed by atoms with E-state index in [1.165, 1.54) is 18.9 Å². The Hall–Kier alpha value is -3.97. The second-order valence-electron chi connectivity index (χ2n) is 15.2. The van der Waals surface area contributed by atoms with Crippen LogP contribution in [-0.2, 0) is 4.74 Å². The second-order valence-corrected chi connectivity index (χ2v) is 15.2. The first kappa shape index (κ1) is 30.1. The van der Waals surface area contributed by atoms with E-state index in [0.717, 1.165) is 79.9 Å². The molecule has 48 heavy (non-hydrogen) atoms. The van der Waals surface area contributed by atoms with Gasteiger partial charge in [0, 0.05) is 60.5 Å². The Morgan fingerprint density at radius 3 is 2.60 bits per heavy atom. The molecule has 8 nitrogen and oxygen atoms in total. The Morgan fingerprint density at radius 1 is 1.10 bits per heavy atom. The molecule has 9 heteroatoms. The summed E-state index contributed by atoms with van der Waals surface area (Å²) >= 11 is 0. The Kier molecular flexibility index (Phi) is 7.09. The number of phenols is 1. The van der Waals surface area contributed by atoms with Crippen LogP contribution in [0.15, 0.2) is 36.4 Å². The third-order valence-corrected chi connectivity index (χ3v) is 11.5. The number of rotatable bonds is 8. The van der Waals surface area contributed by atoms with Crippen molar-refractivity contribution in [2.75, 3.05) is 44.3 Å². The quantitative estimate of drug-likeness (QED) is 0.227. The molecule has 1 aromatic heterocycles. The average molecular weight is 648 g/mol. The number of fused-ring (bicyclic) bond motifs is 6. The van der Waals surface area contributed by atoms with Crippen LogP contribution in [0, 0.1) is 23.6 Å². The van der Waals surface area contributed by atoms with Gasteiger partial charge in [-0.25, -0.2) is 4.39 Å². The molecular weight excluding hydrogens is 605 g/mol. The van der Waals surface area contributed by atoms with Crippen LogP contribution in [0.2, 0.25) is 0 Å². The maximum atomic E-state index is 15.1. The molecule has 0 spiro atoms. The molecule has 4 saturated heterocycles. The van der Waals surface area contributed by atoms with Crippen molar-refractivity contribution in [2.45, 2.75) is 76.1 Å². The lowest BCUT2D eigenvalue weighted by molar-refractivity contribution is 0.0176. The zero-order valence-corrected chi connectivity index (χ0v) is 27.6. The number of aromatic hydroxyl groups is 1. The van der Waals surface area contributed by atoms with Crippen molar-refractivity contribution in [2.24, 2.45) is 5.41 Å². The van der Waals surface area contributed by atoms with E-state index in [4.69, 9.17) is 25.9 Å². The maximum absolute atomic E-state index is 15.1. The summed E-state index contributed by atoms with van der Waals surface area (Å²) in [4.78, 5) is 15.2. The number of hydrogen-bond donors (Lipinski definition) is 2. The summed E-state index contributed by atoms with van der Waals surface area (Å²) in [5, 5.41) is 16.9. The summed E-state index contributed by atoms with van der Waals surface area (Å²) in [6, 6.07) is 12.4. The number of ether oxygens (including phenoxy) is 2. The van der Waals surface area contributed by atoms with Crippen LogP contribution < -0.4 is 15.0 Å². The number of nitrogens with zero attached hydrogens (tertiary/aromatic N) is 4. The van der Waals surface area contributed by atoms with Gasteiger partial charge in [-0.3, -0.25) is 4.90 Å². The topological polar surface area (TPSA) is 83.0 Å². The molecule has 9 rings (SSSR count). The molecule has 3 aromatic carbocycles. The van der Waals surface area contributed by atoms with Gasteiger partial charge in [0.05, 0.1) is 30.4 Å². The van der Waals surface area contributed by atoms with E-state index in [1.54, 1.807) is 18.2 Å². The van der Waals surface area contributed by atoms with Crippen LogP contribution >= 0.6 is 0 Å². The minimum atomic E-state index is -0.458. The standard InChI is InChI=1S/C39H42FN5O3/c1-4-29-34(40)8-5-23-11-27(46)13-32(36(23)29)31-15-35-33(14-30(31)22(2)3)37(44-16-24-6-7-25(17-44)41-24)43-38(42-35)48-21-39(9-10-39)20-45-18-28-12-26(45)19-47-28/h1,5,8,11,13-15,22,24-26,28,41,46H,6-7,9-10,12,16-21H2,2-3H3/t24?,25?,26-,28-/m1/s1. The van der Waals surface area contributed by atoms with Gasteiger partial charge < -0.3 is 24.8 Å². The first-order valence-corrected chi connectivity index (χ1v) is 17.5. The lowest BCUT2D eigenvalue weighted by Gasteiger charge is -2.34. The highest BCUT2D eigenvalue weighted by molar-refractivity contribution is 6.04. The second kappa shape index (κ2) is 11.3. The number of anilines is 1. The molecule has 4 aliphatic heterocycles. The fraction of sp³-hybridized carbons (Fsp3) is 0.487. The summed E-state index contributed by atoms with van der Waals surface area (Å²) in [6.45, 7) is 9.53. The molecule has 5 aliphatic rings. The van der Waals surface area contributed by atoms with Gasteiger partial charge in [0.25, 0.3) is 0 Å². The summed E-state index contributed by atoms with van der Waals surface area (Å²) in [5.74, 6) is 3.23. The van der Waals surface area contributed by atoms with Gasteiger partial charge in [0.1, 0.15) is 17.4 Å². The number of aromatic nitrogens is 2. The molecule has 4 aromatic rings. The molecule has 248 valence electrons. The molecule has 5 heterocycles. The van der Waals surface area contributed by atoms with Gasteiger partial charge in [-0.15, -0.1) is 6.42 Å². The molecular formula is C39H42FN5O3. The van der Waals surface area contributed by atoms with E-state index in [2.05, 4.69) is 47.0 Å². The summed E-state index contributed by atoms with van der Waals surface area (Å²) in [7, 11) is 0. The van der Waals surface area contributed by atoms with Gasteiger partial charge >= 0.3 is 6.01 Å². The lowest BCUT2D eigenvalue weighted by Crippen LogP contribution is -2.51. The monoisotopic (exact) mass is 647 g/mol. The van der Waals surface area contributed by atoms with Crippen molar-refractivity contribution in [1.29, 1.82) is 0 Å². The fourth-order valence-electron chi connectivity index (χ4n) is 8.77. The largest absolute Gasteiger partial charge is 0.508 e. The molecule has 2 unspecified atom stereocenters. The van der Waals surface area contributed by atoms with E-state index in [1.807, 2.05) is 0 Å². The highest BCUT2D eigenvalue weighted by Gasteiger charge is 2.49. The van der Waals surface area contributed by atoms with E-state index < -0.39 is 5.82 Å². The molecule has 0 radical (unpaired) electrons. The normalized spacial score (nSPS) is 25.8. The van der Waals surface area contributed by atoms with Crippen LogP contribution in [0.3, 0.4) is 0 Å². The van der Waals surface area contributed by atoms with Crippen molar-refractivity contribution >= 4 is 27.5 Å². The van der Waals surface area contributed by atoms with Crippen molar-refractivity contribution < 1.29 is 19.0 Å². The van der Waals surface area contributed by atoms with E-state index in [9.17, 15) is 5.11 Å². The predicted octanol–water partition coefficient (Wildman–Crippen LogP) is 5.97. The van der Waals surface area contributed by atoms with Gasteiger partial charge in [0.15, 0.2) is 0 Å². The Morgan fingerprint density at radius 2 is 1.92 bits per heavy atom. The third-order valence-electron chi connectivity index (χ3n) is 11.5. The number of piperazine rings is 1. The third kappa shape index (κ3) is 5.17. The molecule has 1 saturated carbocycles. The van der Waals surface area contributed by atoms with Crippen molar-refractivity contribution in [3.63, 3.8) is 0 Å². The smallest absolute Gasteiger partial charge is 0.318 e. The number of likely N-dealkylation sites (tertiary alicyclic amines) is 1. The number of nitrogens with one attached hydrogen (secondary N) is 1. The molecule has 2 N–H and O–H groups in total. The zero-order valence-electron chi connectivity index (χ0n) is 27.6. The first-order chi connectivity index (χ1) is 23.3. The van der Waals surface area contributed by atoms with Gasteiger partial charge in [-0.1, -0.05) is 25.8 Å². The number of benzene rings is 3. The summed E-state index contributed by atoms with van der Waals surface area (Å²) < 4.78 is 27.5. The van der Waals surface area contributed by atoms with E-state index in [0.29, 0.717) is 53.2 Å². The number of terminal acetylenes is 1. The van der Waals surface area contributed by atoms with E-state index >= 15 is 4.39 Å². The number of morpholine rings is 1. The molecule has 0 amide bonds. The Labute approximate surface area is 280 Å². The number of halogens is 1. The fourth-order valence-corrected chi connectivity index (χ4v) is 8.77. The van der Waals surface area contributed by atoms with Gasteiger partial charge in [-0.05, 0) is 90.4 Å². The predicted molar refractivity (Wildman–Crippen MR) is 185 cm³/mol. The summed E-state index contributed by atoms with van der Waals surface area (Å²) in [6.07, 6.45) is 12.0. The zero-order chi connectivity index (χ0) is 32.7. The Balaban J connectivity index is 1.15. The molecule has 4 bridgehead atoms. The van der Waals surface area contributed by atoms with Crippen molar-refractivity contribution in [1.82, 2.24) is 20.2 Å². The first-order valence-electron chi connectivity index (χ1n) is 17.5. The minimum Gasteiger partial charge on any atom is -0.508 e. The van der Waals surface area contributed by atoms with Gasteiger partial charge in [0.2, 0.25) is 0 Å². The van der Waals surface area contributed by atoms with Crippen LogP contribution in [0.25, 0.3) is 32.8 Å². The van der Waals surface area contributed by atoms with Crippen molar-refractivity contribution in [3.05, 3.63) is 53.3 Å². The SMILES string of the molecule is C#Cc1c(F)ccc2cc(O)cc(-c3cc4nc(OCC5(CN6C[C@H]7C[C@@H]6CO7)CC5)nc(N5CC6CCC(C5)N6)c4cc3C(C)C)c12. The molecule has 1 aliphatic carbocycles. The van der Waals surface area contributed by atoms with Crippen LogP contribution in [-0.4, -0.2) is 83.6 Å².